The maximum atomic E-state index is 13.1. The summed E-state index contributed by atoms with van der Waals surface area (Å²) in [6, 6.07) is 3.92. The van der Waals surface area contributed by atoms with Gasteiger partial charge in [0.2, 0.25) is 5.91 Å². The minimum atomic E-state index is -0.882. The third kappa shape index (κ3) is 3.54. The number of rotatable bonds is 3. The van der Waals surface area contributed by atoms with Crippen molar-refractivity contribution in [2.24, 2.45) is 11.7 Å². The molecule has 0 aromatic heterocycles. The maximum Gasteiger partial charge on any atom is 0.225 e. The summed E-state index contributed by atoms with van der Waals surface area (Å²) in [4.78, 5) is 13.9. The van der Waals surface area contributed by atoms with E-state index >= 15 is 0 Å². The lowest BCUT2D eigenvalue weighted by molar-refractivity contribution is -0.135. The second-order valence-electron chi connectivity index (χ2n) is 5.55. The van der Waals surface area contributed by atoms with E-state index in [2.05, 4.69) is 0 Å². The Labute approximate surface area is 117 Å². The summed E-state index contributed by atoms with van der Waals surface area (Å²) in [5.74, 6) is -1.69. The molecule has 1 aromatic rings. The van der Waals surface area contributed by atoms with Gasteiger partial charge in [0.15, 0.2) is 11.6 Å². The van der Waals surface area contributed by atoms with Gasteiger partial charge < -0.3 is 10.6 Å². The van der Waals surface area contributed by atoms with Crippen molar-refractivity contribution in [3.05, 3.63) is 35.4 Å². The molecule has 1 saturated carbocycles. The quantitative estimate of drug-likeness (QED) is 0.925. The van der Waals surface area contributed by atoms with Gasteiger partial charge in [0.05, 0.1) is 0 Å². The smallest absolute Gasteiger partial charge is 0.225 e. The van der Waals surface area contributed by atoms with Crippen LogP contribution in [0, 0.1) is 17.6 Å². The van der Waals surface area contributed by atoms with Crippen molar-refractivity contribution in [2.45, 2.75) is 38.3 Å². The molecular formula is C15H20F2N2O. The molecule has 2 rings (SSSR count). The molecule has 0 atom stereocenters. The number of amides is 1. The fraction of sp³-hybridized carbons (Fsp3) is 0.533. The van der Waals surface area contributed by atoms with Gasteiger partial charge >= 0.3 is 0 Å². The zero-order valence-corrected chi connectivity index (χ0v) is 11.6. The van der Waals surface area contributed by atoms with E-state index in [0.717, 1.165) is 37.8 Å². The summed E-state index contributed by atoms with van der Waals surface area (Å²) in [5, 5.41) is 0. The number of carbonyl (C=O) groups is 1. The number of nitrogens with two attached hydrogens (primary N) is 1. The molecule has 5 heteroatoms. The van der Waals surface area contributed by atoms with Crippen LogP contribution in [-0.4, -0.2) is 23.9 Å². The molecule has 1 fully saturated rings. The average molecular weight is 282 g/mol. The first kappa shape index (κ1) is 14.9. The minimum Gasteiger partial charge on any atom is -0.341 e. The van der Waals surface area contributed by atoms with Gasteiger partial charge in [-0.1, -0.05) is 6.07 Å². The Kier molecular flexibility index (Phi) is 4.70. The highest BCUT2D eigenvalue weighted by molar-refractivity contribution is 5.78. The molecule has 110 valence electrons. The molecule has 20 heavy (non-hydrogen) atoms. The van der Waals surface area contributed by atoms with Gasteiger partial charge in [-0.25, -0.2) is 8.78 Å². The zero-order valence-electron chi connectivity index (χ0n) is 11.6. The van der Waals surface area contributed by atoms with Crippen LogP contribution in [0.2, 0.25) is 0 Å². The van der Waals surface area contributed by atoms with Gasteiger partial charge in [-0.2, -0.15) is 0 Å². The highest BCUT2D eigenvalue weighted by atomic mass is 19.2. The topological polar surface area (TPSA) is 46.3 Å². The van der Waals surface area contributed by atoms with Crippen LogP contribution >= 0.6 is 0 Å². The van der Waals surface area contributed by atoms with Crippen LogP contribution < -0.4 is 5.73 Å². The van der Waals surface area contributed by atoms with Gasteiger partial charge in [-0.05, 0) is 43.4 Å². The zero-order chi connectivity index (χ0) is 14.7. The second-order valence-corrected chi connectivity index (χ2v) is 5.55. The predicted molar refractivity (Wildman–Crippen MR) is 72.8 cm³/mol. The Morgan fingerprint density at radius 2 is 1.90 bits per heavy atom. The monoisotopic (exact) mass is 282 g/mol. The molecule has 1 aliphatic carbocycles. The van der Waals surface area contributed by atoms with E-state index in [4.69, 9.17) is 5.73 Å². The summed E-state index contributed by atoms with van der Waals surface area (Å²) in [7, 11) is 1.69. The van der Waals surface area contributed by atoms with Crippen LogP contribution in [0.25, 0.3) is 0 Å². The van der Waals surface area contributed by atoms with Crippen molar-refractivity contribution in [1.82, 2.24) is 4.90 Å². The van der Waals surface area contributed by atoms with E-state index in [9.17, 15) is 13.6 Å². The lowest BCUT2D eigenvalue weighted by atomic mass is 9.85. The minimum absolute atomic E-state index is 0.00472. The molecule has 2 N–H and O–H groups in total. The van der Waals surface area contributed by atoms with Crippen molar-refractivity contribution in [1.29, 1.82) is 0 Å². The fourth-order valence-electron chi connectivity index (χ4n) is 2.67. The lowest BCUT2D eigenvalue weighted by Crippen LogP contribution is -2.37. The van der Waals surface area contributed by atoms with Crippen LogP contribution in [0.5, 0.6) is 0 Å². The molecule has 0 bridgehead atoms. The van der Waals surface area contributed by atoms with Crippen molar-refractivity contribution in [3.63, 3.8) is 0 Å². The van der Waals surface area contributed by atoms with Crippen LogP contribution in [-0.2, 0) is 11.3 Å². The van der Waals surface area contributed by atoms with E-state index in [1.807, 2.05) is 0 Å². The van der Waals surface area contributed by atoms with Gasteiger partial charge in [0.1, 0.15) is 0 Å². The van der Waals surface area contributed by atoms with Gasteiger partial charge in [-0.3, -0.25) is 4.79 Å². The maximum absolute atomic E-state index is 13.1. The highest BCUT2D eigenvalue weighted by Crippen LogP contribution is 2.25. The van der Waals surface area contributed by atoms with E-state index < -0.39 is 11.6 Å². The largest absolute Gasteiger partial charge is 0.341 e. The molecule has 3 nitrogen and oxygen atoms in total. The van der Waals surface area contributed by atoms with E-state index in [1.54, 1.807) is 11.9 Å². The molecule has 0 radical (unpaired) electrons. The molecule has 0 aliphatic heterocycles. The third-order valence-corrected chi connectivity index (χ3v) is 3.90. The van der Waals surface area contributed by atoms with Gasteiger partial charge in [0.25, 0.3) is 0 Å². The SMILES string of the molecule is CN(Cc1ccc(F)c(F)c1)C(=O)C1CCC(N)CC1. The Morgan fingerprint density at radius 3 is 2.50 bits per heavy atom. The predicted octanol–water partition coefficient (Wildman–Crippen LogP) is 2.44. The first-order chi connectivity index (χ1) is 9.47. The summed E-state index contributed by atoms with van der Waals surface area (Å²) in [6.07, 6.45) is 3.36. The summed E-state index contributed by atoms with van der Waals surface area (Å²) in [5.41, 5.74) is 6.42. The molecule has 0 unspecified atom stereocenters. The Balaban J connectivity index is 1.95. The normalized spacial score (nSPS) is 22.6. The molecule has 0 saturated heterocycles. The fourth-order valence-corrected chi connectivity index (χ4v) is 2.67. The van der Waals surface area contributed by atoms with Crippen molar-refractivity contribution < 1.29 is 13.6 Å². The van der Waals surface area contributed by atoms with Gasteiger partial charge in [-0.15, -0.1) is 0 Å². The summed E-state index contributed by atoms with van der Waals surface area (Å²) in [6.45, 7) is 0.290. The number of benzene rings is 1. The van der Waals surface area contributed by atoms with Crippen molar-refractivity contribution in [3.8, 4) is 0 Å². The Hall–Kier alpha value is -1.49. The number of halogens is 2. The standard InChI is InChI=1S/C15H20F2N2O/c1-19(9-10-2-7-13(16)14(17)8-10)15(20)11-3-5-12(18)6-4-11/h2,7-8,11-12H,3-6,9,18H2,1H3. The molecular weight excluding hydrogens is 262 g/mol. The van der Waals surface area contributed by atoms with Crippen LogP contribution in [0.1, 0.15) is 31.2 Å². The van der Waals surface area contributed by atoms with Crippen molar-refractivity contribution in [2.75, 3.05) is 7.05 Å². The molecule has 1 aromatic carbocycles. The molecule has 0 heterocycles. The highest BCUT2D eigenvalue weighted by Gasteiger charge is 2.26. The second kappa shape index (κ2) is 6.31. The van der Waals surface area contributed by atoms with Gasteiger partial charge in [0, 0.05) is 25.6 Å². The average Bonchev–Trinajstić information content (AvgIpc) is 2.43. The number of carbonyl (C=O) groups excluding carboxylic acids is 1. The number of nitrogens with zero attached hydrogens (tertiary/aromatic N) is 1. The van der Waals surface area contributed by atoms with Crippen LogP contribution in [0.15, 0.2) is 18.2 Å². The number of hydrogen-bond donors (Lipinski definition) is 1. The Bertz CT molecular complexity index is 485. The van der Waals surface area contributed by atoms with E-state index in [0.29, 0.717) is 12.1 Å². The van der Waals surface area contributed by atoms with E-state index in [1.165, 1.54) is 6.07 Å². The number of hydrogen-bond acceptors (Lipinski definition) is 2. The van der Waals surface area contributed by atoms with Crippen molar-refractivity contribution >= 4 is 5.91 Å². The molecule has 0 spiro atoms. The van der Waals surface area contributed by atoms with E-state index in [-0.39, 0.29) is 17.9 Å². The summed E-state index contributed by atoms with van der Waals surface area (Å²) < 4.78 is 26.0. The van der Waals surface area contributed by atoms with Crippen LogP contribution in [0.3, 0.4) is 0 Å². The molecule has 1 aliphatic rings. The first-order valence-corrected chi connectivity index (χ1v) is 6.92. The van der Waals surface area contributed by atoms with Crippen LogP contribution in [0.4, 0.5) is 8.78 Å². The molecule has 1 amide bonds. The first-order valence-electron chi connectivity index (χ1n) is 6.92. The Morgan fingerprint density at radius 1 is 1.25 bits per heavy atom. The third-order valence-electron chi connectivity index (χ3n) is 3.90. The summed E-state index contributed by atoms with van der Waals surface area (Å²) >= 11 is 0. The lowest BCUT2D eigenvalue weighted by Gasteiger charge is -2.29.